The molecule has 104 valence electrons. The van der Waals surface area contributed by atoms with E-state index >= 15 is 0 Å². The van der Waals surface area contributed by atoms with Crippen molar-refractivity contribution in [2.45, 2.75) is 26.4 Å². The van der Waals surface area contributed by atoms with Crippen LogP contribution in [0.1, 0.15) is 19.2 Å². The zero-order valence-electron chi connectivity index (χ0n) is 10.9. The first-order valence-electron chi connectivity index (χ1n) is 6.38. The van der Waals surface area contributed by atoms with Gasteiger partial charge in [-0.1, -0.05) is 18.5 Å². The van der Waals surface area contributed by atoms with Crippen LogP contribution in [0, 0.1) is 0 Å². The van der Waals surface area contributed by atoms with Gasteiger partial charge in [0.15, 0.2) is 5.82 Å². The van der Waals surface area contributed by atoms with Gasteiger partial charge in [0.25, 0.3) is 0 Å². The molecule has 1 aromatic heterocycles. The van der Waals surface area contributed by atoms with E-state index in [0.717, 1.165) is 11.0 Å². The minimum Gasteiger partial charge on any atom is -0.286 e. The molecule has 0 bridgehead atoms. The Balaban J connectivity index is 1.96. The molecule has 1 aliphatic heterocycles. The number of rotatable bonds is 3. The summed E-state index contributed by atoms with van der Waals surface area (Å²) in [6.45, 7) is 2.78. The van der Waals surface area contributed by atoms with Crippen LogP contribution in [-0.4, -0.2) is 20.4 Å². The zero-order chi connectivity index (χ0) is 14.3. The molecule has 0 atom stereocenters. The van der Waals surface area contributed by atoms with Crippen molar-refractivity contribution >= 4 is 23.3 Å². The summed E-state index contributed by atoms with van der Waals surface area (Å²) >= 11 is 5.83. The summed E-state index contributed by atoms with van der Waals surface area (Å²) in [5, 5.41) is 4.80. The van der Waals surface area contributed by atoms with E-state index in [0.29, 0.717) is 29.6 Å². The van der Waals surface area contributed by atoms with E-state index in [2.05, 4.69) is 5.10 Å². The van der Waals surface area contributed by atoms with Crippen LogP contribution in [0.15, 0.2) is 29.1 Å². The number of nitrogens with zero attached hydrogens (tertiary/aromatic N) is 4. The molecule has 0 N–H and O–H groups in total. The van der Waals surface area contributed by atoms with Gasteiger partial charge >= 0.3 is 11.7 Å². The normalized spacial score (nSPS) is 13.9. The number of amides is 1. The number of aromatic nitrogens is 3. The van der Waals surface area contributed by atoms with Gasteiger partial charge in [0.1, 0.15) is 0 Å². The number of carbonyl (C=O) groups is 1. The van der Waals surface area contributed by atoms with Crippen molar-refractivity contribution in [1.82, 2.24) is 14.3 Å². The summed E-state index contributed by atoms with van der Waals surface area (Å²) in [6.07, 6.45) is 0.797. The standard InChI is InChI=1S/C13H13ClN4O2/c1-2-7-17-13(20)18-11(15-17)8-16(12(18)19)10-5-3-9(14)4-6-10/h3-6H,2,7-8H2,1H3. The highest BCUT2D eigenvalue weighted by atomic mass is 35.5. The molecule has 0 aliphatic carbocycles. The molecule has 0 unspecified atom stereocenters. The van der Waals surface area contributed by atoms with Crippen LogP contribution in [0.25, 0.3) is 0 Å². The van der Waals surface area contributed by atoms with Gasteiger partial charge in [-0.2, -0.15) is 9.67 Å². The molecule has 7 heteroatoms. The average Bonchev–Trinajstić information content (AvgIpc) is 2.90. The van der Waals surface area contributed by atoms with E-state index in [9.17, 15) is 9.59 Å². The highest BCUT2D eigenvalue weighted by molar-refractivity contribution is 6.30. The van der Waals surface area contributed by atoms with Crippen molar-refractivity contribution < 1.29 is 4.79 Å². The van der Waals surface area contributed by atoms with Gasteiger partial charge in [0.05, 0.1) is 6.54 Å². The van der Waals surface area contributed by atoms with Crippen molar-refractivity contribution in [2.24, 2.45) is 0 Å². The Hall–Kier alpha value is -2.08. The molecule has 0 spiro atoms. The molecule has 6 nitrogen and oxygen atoms in total. The first-order valence-corrected chi connectivity index (χ1v) is 6.75. The maximum absolute atomic E-state index is 12.3. The van der Waals surface area contributed by atoms with E-state index in [-0.39, 0.29) is 11.7 Å². The minimum absolute atomic E-state index is 0.298. The number of carbonyl (C=O) groups excluding carboxylic acids is 1. The maximum atomic E-state index is 12.3. The second-order valence-corrected chi connectivity index (χ2v) is 5.04. The molecule has 3 rings (SSSR count). The fourth-order valence-corrected chi connectivity index (χ4v) is 2.38. The smallest absolute Gasteiger partial charge is 0.286 e. The third-order valence-electron chi connectivity index (χ3n) is 3.20. The predicted octanol–water partition coefficient (Wildman–Crippen LogP) is 2.10. The lowest BCUT2D eigenvalue weighted by molar-refractivity contribution is 0.250. The largest absolute Gasteiger partial charge is 0.354 e. The fraction of sp³-hybridized carbons (Fsp3) is 0.308. The molecule has 20 heavy (non-hydrogen) atoms. The van der Waals surface area contributed by atoms with Crippen LogP contribution in [-0.2, 0) is 13.1 Å². The molecular formula is C13H13ClN4O2. The molecule has 1 amide bonds. The lowest BCUT2D eigenvalue weighted by Crippen LogP contribution is -2.34. The number of anilines is 1. The molecule has 0 saturated heterocycles. The van der Waals surface area contributed by atoms with E-state index < -0.39 is 0 Å². The molecule has 2 aromatic rings. The Morgan fingerprint density at radius 1 is 1.25 bits per heavy atom. The summed E-state index contributed by atoms with van der Waals surface area (Å²) in [5.74, 6) is 0.475. The SMILES string of the molecule is CCCn1nc2n(c1=O)C(=O)N(c1ccc(Cl)cc1)C2. The molecule has 0 saturated carbocycles. The van der Waals surface area contributed by atoms with E-state index in [1.807, 2.05) is 6.92 Å². The fourth-order valence-electron chi connectivity index (χ4n) is 2.26. The predicted molar refractivity (Wildman–Crippen MR) is 75.2 cm³/mol. The highest BCUT2D eigenvalue weighted by Crippen LogP contribution is 2.23. The van der Waals surface area contributed by atoms with Gasteiger partial charge in [-0.15, -0.1) is 0 Å². The topological polar surface area (TPSA) is 60.1 Å². The summed E-state index contributed by atoms with van der Waals surface area (Å²) in [4.78, 5) is 25.9. The Bertz CT molecular complexity index is 717. The molecule has 1 aliphatic rings. The number of fused-ring (bicyclic) bond motifs is 1. The van der Waals surface area contributed by atoms with E-state index in [1.54, 1.807) is 24.3 Å². The Kier molecular flexibility index (Phi) is 3.10. The number of halogens is 1. The van der Waals surface area contributed by atoms with Crippen LogP contribution < -0.4 is 10.6 Å². The minimum atomic E-state index is -0.372. The third kappa shape index (κ3) is 1.92. The molecular weight excluding hydrogens is 280 g/mol. The number of benzene rings is 1. The quantitative estimate of drug-likeness (QED) is 0.870. The van der Waals surface area contributed by atoms with Crippen LogP contribution in [0.4, 0.5) is 10.5 Å². The summed E-state index contributed by atoms with van der Waals surface area (Å²) in [6, 6.07) is 6.55. The maximum Gasteiger partial charge on any atom is 0.354 e. The third-order valence-corrected chi connectivity index (χ3v) is 3.45. The number of aryl methyl sites for hydroxylation is 1. The molecule has 1 aromatic carbocycles. The Morgan fingerprint density at radius 2 is 1.95 bits per heavy atom. The van der Waals surface area contributed by atoms with Crippen LogP contribution in [0.5, 0.6) is 0 Å². The van der Waals surface area contributed by atoms with Crippen molar-refractivity contribution in [3.8, 4) is 0 Å². The van der Waals surface area contributed by atoms with Gasteiger partial charge in [-0.3, -0.25) is 4.90 Å². The first kappa shape index (κ1) is 12.9. The number of hydrogen-bond donors (Lipinski definition) is 0. The number of hydrogen-bond acceptors (Lipinski definition) is 3. The van der Waals surface area contributed by atoms with Crippen LogP contribution in [0.2, 0.25) is 5.02 Å². The van der Waals surface area contributed by atoms with Gasteiger partial charge in [-0.05, 0) is 30.7 Å². The second-order valence-electron chi connectivity index (χ2n) is 4.60. The monoisotopic (exact) mass is 292 g/mol. The molecule has 0 fully saturated rings. The lowest BCUT2D eigenvalue weighted by atomic mass is 10.3. The summed E-state index contributed by atoms with van der Waals surface area (Å²) in [5.41, 5.74) is 0.328. The van der Waals surface area contributed by atoms with Gasteiger partial charge < -0.3 is 0 Å². The Labute approximate surface area is 120 Å². The Morgan fingerprint density at radius 3 is 2.55 bits per heavy atom. The first-order chi connectivity index (χ1) is 9.61. The van der Waals surface area contributed by atoms with Gasteiger partial charge in [0, 0.05) is 17.3 Å². The zero-order valence-corrected chi connectivity index (χ0v) is 11.7. The van der Waals surface area contributed by atoms with Crippen molar-refractivity contribution in [2.75, 3.05) is 4.90 Å². The van der Waals surface area contributed by atoms with Crippen molar-refractivity contribution in [3.05, 3.63) is 45.6 Å². The van der Waals surface area contributed by atoms with E-state index in [4.69, 9.17) is 11.6 Å². The van der Waals surface area contributed by atoms with Crippen LogP contribution in [0.3, 0.4) is 0 Å². The lowest BCUT2D eigenvalue weighted by Gasteiger charge is -2.14. The summed E-state index contributed by atoms with van der Waals surface area (Å²) in [7, 11) is 0. The van der Waals surface area contributed by atoms with E-state index in [1.165, 1.54) is 9.58 Å². The van der Waals surface area contributed by atoms with Crippen molar-refractivity contribution in [1.29, 1.82) is 0 Å². The molecule has 0 radical (unpaired) electrons. The van der Waals surface area contributed by atoms with Crippen LogP contribution >= 0.6 is 11.6 Å². The molecule has 2 heterocycles. The summed E-state index contributed by atoms with van der Waals surface area (Å²) < 4.78 is 2.47. The van der Waals surface area contributed by atoms with Gasteiger partial charge in [0.2, 0.25) is 0 Å². The van der Waals surface area contributed by atoms with Gasteiger partial charge in [-0.25, -0.2) is 14.3 Å². The highest BCUT2D eigenvalue weighted by Gasteiger charge is 2.33. The average molecular weight is 293 g/mol. The van der Waals surface area contributed by atoms with Crippen molar-refractivity contribution in [3.63, 3.8) is 0 Å². The second kappa shape index (κ2) is 4.79.